The summed E-state index contributed by atoms with van der Waals surface area (Å²) in [5.41, 5.74) is 4.60. The number of carbonyl (C=O) groups is 1. The van der Waals surface area contributed by atoms with E-state index < -0.39 is 11.9 Å². The van der Waals surface area contributed by atoms with Crippen LogP contribution in [0.4, 0.5) is 8.78 Å². The molecule has 0 amide bonds. The molecule has 0 radical (unpaired) electrons. The second-order valence-corrected chi connectivity index (χ2v) is 13.0. The van der Waals surface area contributed by atoms with E-state index in [1.54, 1.807) is 22.1 Å². The standard InChI is InChI=1S/C32H33ClF2N4O4S/c1-17-11-23(29-28(36-17)25(16-44-29)31(41)42-4)22-12-19(33)5-8-27(22)43-10-9-39-18(2)37-26-7-6-20(13-24(26)30(39)40)38(3)21-14-32(34,35)15-21/h5,8,11-12,16,20-21H,6-7,9-10,13-15H2,1-4H3. The fourth-order valence-corrected chi connectivity index (χ4v) is 7.49. The van der Waals surface area contributed by atoms with Crippen molar-refractivity contribution in [1.29, 1.82) is 0 Å². The normalized spacial score (nSPS) is 17.9. The average Bonchev–Trinajstić information content (AvgIpc) is 3.40. The number of thiophene rings is 1. The highest BCUT2D eigenvalue weighted by atomic mass is 35.5. The van der Waals surface area contributed by atoms with Crippen LogP contribution < -0.4 is 10.3 Å². The Morgan fingerprint density at radius 1 is 1.18 bits per heavy atom. The monoisotopic (exact) mass is 642 g/mol. The van der Waals surface area contributed by atoms with Crippen molar-refractivity contribution in [2.75, 3.05) is 20.8 Å². The lowest BCUT2D eigenvalue weighted by atomic mass is 9.83. The summed E-state index contributed by atoms with van der Waals surface area (Å²) in [6.07, 6.45) is 1.67. The number of aromatic nitrogens is 3. The Morgan fingerprint density at radius 2 is 1.95 bits per heavy atom. The summed E-state index contributed by atoms with van der Waals surface area (Å²) in [5, 5.41) is 2.26. The molecule has 4 aromatic rings. The van der Waals surface area contributed by atoms with Gasteiger partial charge >= 0.3 is 5.97 Å². The zero-order chi connectivity index (χ0) is 31.3. The fraction of sp³-hybridized carbons (Fsp3) is 0.438. The molecule has 0 aliphatic heterocycles. The SMILES string of the molecule is COC(=O)c1csc2c(-c3cc(Cl)ccc3OCCn3c(C)nc4c(c3=O)CC(N(C)C3CC(F)(F)C3)CC4)cc(C)nc12. The van der Waals surface area contributed by atoms with Crippen LogP contribution in [0.2, 0.25) is 5.02 Å². The number of nitrogens with zero attached hydrogens (tertiary/aromatic N) is 4. The zero-order valence-electron chi connectivity index (χ0n) is 25.0. The highest BCUT2D eigenvalue weighted by molar-refractivity contribution is 7.18. The van der Waals surface area contributed by atoms with Gasteiger partial charge in [0.15, 0.2) is 0 Å². The number of ether oxygens (including phenoxy) is 2. The number of hydrogen-bond acceptors (Lipinski definition) is 8. The minimum atomic E-state index is -2.58. The molecule has 1 saturated carbocycles. The van der Waals surface area contributed by atoms with Crippen LogP contribution in [-0.2, 0) is 24.1 Å². The molecule has 232 valence electrons. The van der Waals surface area contributed by atoms with Gasteiger partial charge in [0.05, 0.1) is 35.1 Å². The third-order valence-corrected chi connectivity index (χ3v) is 10.0. The average molecular weight is 643 g/mol. The molecule has 3 heterocycles. The van der Waals surface area contributed by atoms with Crippen molar-refractivity contribution in [2.24, 2.45) is 0 Å². The maximum Gasteiger partial charge on any atom is 0.340 e. The van der Waals surface area contributed by atoms with Crippen molar-refractivity contribution in [3.63, 3.8) is 0 Å². The minimum absolute atomic E-state index is 0.0275. The van der Waals surface area contributed by atoms with Gasteiger partial charge in [-0.15, -0.1) is 11.3 Å². The lowest BCUT2D eigenvalue weighted by Gasteiger charge is -2.45. The van der Waals surface area contributed by atoms with E-state index in [0.29, 0.717) is 46.1 Å². The van der Waals surface area contributed by atoms with Crippen molar-refractivity contribution >= 4 is 39.1 Å². The van der Waals surface area contributed by atoms with Crippen molar-refractivity contribution in [2.45, 2.75) is 70.5 Å². The zero-order valence-corrected chi connectivity index (χ0v) is 26.5. The number of benzene rings is 1. The number of likely N-dealkylation sites (N-methyl/N-ethyl adjacent to an activating group) is 1. The third-order valence-electron chi connectivity index (χ3n) is 8.77. The Balaban J connectivity index is 1.23. The van der Waals surface area contributed by atoms with Crippen LogP contribution in [0, 0.1) is 13.8 Å². The molecule has 1 fully saturated rings. The second kappa shape index (κ2) is 11.8. The number of carbonyl (C=O) groups excluding carboxylic acids is 1. The number of alkyl halides is 2. The van der Waals surface area contributed by atoms with E-state index in [4.69, 9.17) is 26.1 Å². The number of methoxy groups -OCH3 is 1. The summed E-state index contributed by atoms with van der Waals surface area (Å²) < 4.78 is 40.6. The summed E-state index contributed by atoms with van der Waals surface area (Å²) >= 11 is 7.81. The first-order valence-electron chi connectivity index (χ1n) is 14.5. The molecule has 0 bridgehead atoms. The molecule has 3 aromatic heterocycles. The number of rotatable bonds is 8. The molecule has 0 N–H and O–H groups in total. The molecule has 0 spiro atoms. The largest absolute Gasteiger partial charge is 0.491 e. The van der Waals surface area contributed by atoms with E-state index in [9.17, 15) is 18.4 Å². The van der Waals surface area contributed by atoms with Gasteiger partial charge in [-0.1, -0.05) is 11.6 Å². The molecular formula is C32H33ClF2N4O4S. The van der Waals surface area contributed by atoms with Crippen LogP contribution in [0.15, 0.2) is 34.4 Å². The number of hydrogen-bond donors (Lipinski definition) is 0. The van der Waals surface area contributed by atoms with Crippen molar-refractivity contribution < 1.29 is 23.0 Å². The first-order chi connectivity index (χ1) is 21.0. The Bertz CT molecular complexity index is 1820. The van der Waals surface area contributed by atoms with E-state index in [1.165, 1.54) is 18.4 Å². The molecule has 1 unspecified atom stereocenters. The molecule has 12 heteroatoms. The molecule has 1 atom stereocenters. The van der Waals surface area contributed by atoms with Gasteiger partial charge in [-0.05, 0) is 64.4 Å². The number of esters is 1. The van der Waals surface area contributed by atoms with Crippen LogP contribution in [0.5, 0.6) is 5.75 Å². The van der Waals surface area contributed by atoms with Gasteiger partial charge < -0.3 is 9.47 Å². The maximum atomic E-state index is 13.7. The summed E-state index contributed by atoms with van der Waals surface area (Å²) in [6, 6.07) is 7.14. The minimum Gasteiger partial charge on any atom is -0.491 e. The summed E-state index contributed by atoms with van der Waals surface area (Å²) in [4.78, 5) is 37.4. The highest BCUT2D eigenvalue weighted by Gasteiger charge is 2.48. The van der Waals surface area contributed by atoms with Gasteiger partial charge in [0.25, 0.3) is 11.5 Å². The fourth-order valence-electron chi connectivity index (χ4n) is 6.31. The van der Waals surface area contributed by atoms with Crippen molar-refractivity contribution in [3.8, 4) is 16.9 Å². The number of aryl methyl sites for hydroxylation is 3. The van der Waals surface area contributed by atoms with Gasteiger partial charge in [0, 0.05) is 57.7 Å². The topological polar surface area (TPSA) is 86.5 Å². The predicted molar refractivity (Wildman–Crippen MR) is 166 cm³/mol. The quantitative estimate of drug-likeness (QED) is 0.210. The van der Waals surface area contributed by atoms with E-state index >= 15 is 0 Å². The van der Waals surface area contributed by atoms with Crippen LogP contribution in [0.25, 0.3) is 21.3 Å². The lowest BCUT2D eigenvalue weighted by Crippen LogP contribution is -2.54. The Hall–Kier alpha value is -3.41. The van der Waals surface area contributed by atoms with Crippen LogP contribution in [-0.4, -0.2) is 64.2 Å². The van der Waals surface area contributed by atoms with Crippen LogP contribution in [0.1, 0.15) is 52.4 Å². The van der Waals surface area contributed by atoms with E-state index in [1.807, 2.05) is 37.9 Å². The molecule has 2 aliphatic carbocycles. The van der Waals surface area contributed by atoms with Crippen molar-refractivity contribution in [3.05, 3.63) is 73.4 Å². The Labute approximate surface area is 262 Å². The highest BCUT2D eigenvalue weighted by Crippen LogP contribution is 2.42. The summed E-state index contributed by atoms with van der Waals surface area (Å²) in [7, 11) is 3.23. The number of halogens is 3. The van der Waals surface area contributed by atoms with E-state index in [-0.39, 0.29) is 43.6 Å². The van der Waals surface area contributed by atoms with E-state index in [0.717, 1.165) is 33.6 Å². The second-order valence-electron chi connectivity index (χ2n) is 11.6. The molecule has 44 heavy (non-hydrogen) atoms. The van der Waals surface area contributed by atoms with Gasteiger partial charge in [0.2, 0.25) is 0 Å². The lowest BCUT2D eigenvalue weighted by molar-refractivity contribution is -0.127. The molecule has 1 aromatic carbocycles. The van der Waals surface area contributed by atoms with Gasteiger partial charge in [0.1, 0.15) is 18.2 Å². The first kappa shape index (κ1) is 30.6. The van der Waals surface area contributed by atoms with Crippen LogP contribution >= 0.6 is 22.9 Å². The van der Waals surface area contributed by atoms with Gasteiger partial charge in [-0.3, -0.25) is 19.2 Å². The van der Waals surface area contributed by atoms with Crippen molar-refractivity contribution in [1.82, 2.24) is 19.4 Å². The summed E-state index contributed by atoms with van der Waals surface area (Å²) in [6.45, 7) is 4.14. The Morgan fingerprint density at radius 3 is 2.68 bits per heavy atom. The summed E-state index contributed by atoms with van der Waals surface area (Å²) in [5.74, 6) is -1.85. The molecule has 0 saturated heterocycles. The number of pyridine rings is 1. The molecule has 2 aliphatic rings. The third kappa shape index (κ3) is 5.73. The molecule has 8 nitrogen and oxygen atoms in total. The van der Waals surface area contributed by atoms with E-state index in [2.05, 4.69) is 4.98 Å². The number of fused-ring (bicyclic) bond motifs is 2. The predicted octanol–water partition coefficient (Wildman–Crippen LogP) is 6.24. The maximum absolute atomic E-state index is 13.7. The smallest absolute Gasteiger partial charge is 0.340 e. The molecular weight excluding hydrogens is 610 g/mol. The first-order valence-corrected chi connectivity index (χ1v) is 15.8. The Kier molecular flexibility index (Phi) is 8.23. The molecule has 6 rings (SSSR count). The van der Waals surface area contributed by atoms with Crippen LogP contribution in [0.3, 0.4) is 0 Å². The van der Waals surface area contributed by atoms with Gasteiger partial charge in [-0.2, -0.15) is 0 Å². The van der Waals surface area contributed by atoms with Gasteiger partial charge in [-0.25, -0.2) is 18.6 Å².